The second-order valence-electron chi connectivity index (χ2n) is 8.12. The summed E-state index contributed by atoms with van der Waals surface area (Å²) in [6.07, 6.45) is 5.68. The first-order chi connectivity index (χ1) is 15.5. The minimum atomic E-state index is -1.05. The number of unbranched alkanes of at least 4 members (excludes halogenated alkanes) is 3. The van der Waals surface area contributed by atoms with E-state index >= 15 is 4.39 Å². The Morgan fingerprint density at radius 3 is 2.06 bits per heavy atom. The lowest BCUT2D eigenvalue weighted by molar-refractivity contribution is 0.509. The third kappa shape index (κ3) is 4.55. The van der Waals surface area contributed by atoms with Crippen molar-refractivity contribution in [1.82, 2.24) is 0 Å². The fraction of sp³-hybridized carbons (Fsp3) is 0.214. The molecule has 0 fully saturated rings. The van der Waals surface area contributed by atoms with Crippen molar-refractivity contribution >= 4 is 10.8 Å². The van der Waals surface area contributed by atoms with Gasteiger partial charge in [0.2, 0.25) is 0 Å². The molecule has 0 bridgehead atoms. The standard InChI is InChI=1S/C28H24F4/c1-2-3-4-5-6-18-7-11-23-19(15-18)9-13-24(28(23)32)21-8-12-22(26(30)16-21)20-10-14-25(29)27(31)17-20/h7-17H,2-6H2,1H3. The monoisotopic (exact) mass is 436 g/mol. The van der Waals surface area contributed by atoms with E-state index in [1.807, 2.05) is 18.2 Å². The number of hydrogen-bond donors (Lipinski definition) is 0. The van der Waals surface area contributed by atoms with Gasteiger partial charge in [-0.05, 0) is 53.1 Å². The van der Waals surface area contributed by atoms with E-state index in [1.165, 1.54) is 43.0 Å². The van der Waals surface area contributed by atoms with E-state index in [-0.39, 0.29) is 11.1 Å². The molecule has 0 radical (unpaired) electrons. The third-order valence-electron chi connectivity index (χ3n) is 5.85. The summed E-state index contributed by atoms with van der Waals surface area (Å²) in [4.78, 5) is 0. The highest BCUT2D eigenvalue weighted by Crippen LogP contribution is 2.33. The molecule has 0 saturated heterocycles. The van der Waals surface area contributed by atoms with Gasteiger partial charge in [0, 0.05) is 16.5 Å². The minimum absolute atomic E-state index is 0.126. The van der Waals surface area contributed by atoms with Gasteiger partial charge in [0.05, 0.1) is 0 Å². The quantitative estimate of drug-likeness (QED) is 0.200. The second kappa shape index (κ2) is 9.56. The fourth-order valence-electron chi connectivity index (χ4n) is 4.06. The average molecular weight is 436 g/mol. The Bertz CT molecular complexity index is 1260. The zero-order valence-electron chi connectivity index (χ0n) is 17.9. The van der Waals surface area contributed by atoms with Gasteiger partial charge in [0.25, 0.3) is 0 Å². The first kappa shape index (κ1) is 22.1. The Morgan fingerprint density at radius 2 is 1.31 bits per heavy atom. The Kier molecular flexibility index (Phi) is 6.59. The molecule has 0 aliphatic rings. The van der Waals surface area contributed by atoms with E-state index in [0.717, 1.165) is 30.4 Å². The van der Waals surface area contributed by atoms with Gasteiger partial charge in [-0.15, -0.1) is 0 Å². The average Bonchev–Trinajstić information content (AvgIpc) is 2.79. The van der Waals surface area contributed by atoms with Gasteiger partial charge in [0.1, 0.15) is 11.6 Å². The highest BCUT2D eigenvalue weighted by Gasteiger charge is 2.14. The van der Waals surface area contributed by atoms with Gasteiger partial charge in [0.15, 0.2) is 11.6 Å². The maximum atomic E-state index is 15.3. The predicted octanol–water partition coefficient (Wildman–Crippen LogP) is 8.85. The summed E-state index contributed by atoms with van der Waals surface area (Å²) < 4.78 is 56.8. The van der Waals surface area contributed by atoms with Crippen LogP contribution in [0, 0.1) is 23.3 Å². The van der Waals surface area contributed by atoms with E-state index in [1.54, 1.807) is 18.2 Å². The summed E-state index contributed by atoms with van der Waals surface area (Å²) in [5, 5.41) is 1.31. The maximum absolute atomic E-state index is 15.3. The number of benzene rings is 4. The molecule has 0 atom stereocenters. The molecule has 0 N–H and O–H groups in total. The van der Waals surface area contributed by atoms with Crippen LogP contribution in [0.4, 0.5) is 17.6 Å². The Morgan fingerprint density at radius 1 is 0.594 bits per heavy atom. The lowest BCUT2D eigenvalue weighted by Crippen LogP contribution is -1.92. The molecule has 0 unspecified atom stereocenters. The first-order valence-electron chi connectivity index (χ1n) is 10.9. The molecule has 32 heavy (non-hydrogen) atoms. The van der Waals surface area contributed by atoms with Crippen LogP contribution >= 0.6 is 0 Å². The summed E-state index contributed by atoms with van der Waals surface area (Å²) in [6, 6.07) is 16.8. The highest BCUT2D eigenvalue weighted by molar-refractivity contribution is 5.89. The Labute approximate surface area is 185 Å². The molecular weight excluding hydrogens is 412 g/mol. The van der Waals surface area contributed by atoms with Crippen LogP contribution in [0.15, 0.2) is 66.7 Å². The topological polar surface area (TPSA) is 0 Å². The molecule has 0 spiro atoms. The fourth-order valence-corrected chi connectivity index (χ4v) is 4.06. The van der Waals surface area contributed by atoms with Crippen molar-refractivity contribution in [3.8, 4) is 22.3 Å². The van der Waals surface area contributed by atoms with Crippen molar-refractivity contribution in [2.45, 2.75) is 39.0 Å². The van der Waals surface area contributed by atoms with Gasteiger partial charge >= 0.3 is 0 Å². The van der Waals surface area contributed by atoms with Crippen molar-refractivity contribution in [1.29, 1.82) is 0 Å². The summed E-state index contributed by atoms with van der Waals surface area (Å²) in [6.45, 7) is 2.18. The first-order valence-corrected chi connectivity index (χ1v) is 10.9. The van der Waals surface area contributed by atoms with Crippen LogP contribution in [0.25, 0.3) is 33.0 Å². The number of hydrogen-bond acceptors (Lipinski definition) is 0. The van der Waals surface area contributed by atoms with E-state index < -0.39 is 23.3 Å². The molecule has 0 aromatic heterocycles. The summed E-state index contributed by atoms with van der Waals surface area (Å²) in [5.74, 6) is -3.07. The predicted molar refractivity (Wildman–Crippen MR) is 122 cm³/mol. The molecule has 4 rings (SSSR count). The van der Waals surface area contributed by atoms with Crippen molar-refractivity contribution in [3.63, 3.8) is 0 Å². The number of aryl methyl sites for hydroxylation is 1. The van der Waals surface area contributed by atoms with Crippen LogP contribution < -0.4 is 0 Å². The molecule has 4 heteroatoms. The largest absolute Gasteiger partial charge is 0.206 e. The summed E-state index contributed by atoms with van der Waals surface area (Å²) in [7, 11) is 0. The maximum Gasteiger partial charge on any atom is 0.159 e. The van der Waals surface area contributed by atoms with Gasteiger partial charge in [-0.25, -0.2) is 17.6 Å². The Balaban J connectivity index is 1.63. The van der Waals surface area contributed by atoms with Crippen LogP contribution in [0.1, 0.15) is 38.2 Å². The number of rotatable bonds is 7. The highest BCUT2D eigenvalue weighted by atomic mass is 19.2. The van der Waals surface area contributed by atoms with Gasteiger partial charge in [-0.1, -0.05) is 74.7 Å². The SMILES string of the molecule is CCCCCCc1ccc2c(F)c(-c3ccc(-c4ccc(F)c(F)c4)c(F)c3)ccc2c1. The van der Waals surface area contributed by atoms with Crippen LogP contribution in [0.3, 0.4) is 0 Å². The lowest BCUT2D eigenvalue weighted by atomic mass is 9.96. The number of fused-ring (bicyclic) bond motifs is 1. The van der Waals surface area contributed by atoms with Crippen LogP contribution in [-0.2, 0) is 6.42 Å². The van der Waals surface area contributed by atoms with Crippen LogP contribution in [0.2, 0.25) is 0 Å². The summed E-state index contributed by atoms with van der Waals surface area (Å²) >= 11 is 0. The zero-order valence-corrected chi connectivity index (χ0v) is 17.9. The molecule has 0 aliphatic carbocycles. The van der Waals surface area contributed by atoms with E-state index in [2.05, 4.69) is 6.92 Å². The van der Waals surface area contributed by atoms with E-state index in [4.69, 9.17) is 0 Å². The van der Waals surface area contributed by atoms with E-state index in [0.29, 0.717) is 16.5 Å². The molecule has 0 aliphatic heterocycles. The molecule has 4 aromatic carbocycles. The molecule has 4 aromatic rings. The summed E-state index contributed by atoms with van der Waals surface area (Å²) in [5.41, 5.74) is 2.21. The number of halogens is 4. The minimum Gasteiger partial charge on any atom is -0.206 e. The normalized spacial score (nSPS) is 11.3. The van der Waals surface area contributed by atoms with Crippen LogP contribution in [-0.4, -0.2) is 0 Å². The smallest absolute Gasteiger partial charge is 0.159 e. The zero-order chi connectivity index (χ0) is 22.7. The molecule has 0 saturated carbocycles. The van der Waals surface area contributed by atoms with Gasteiger partial charge in [-0.3, -0.25) is 0 Å². The Hall–Kier alpha value is -3.14. The molecule has 0 amide bonds. The molecule has 164 valence electrons. The van der Waals surface area contributed by atoms with Gasteiger partial charge in [-0.2, -0.15) is 0 Å². The van der Waals surface area contributed by atoms with Crippen molar-refractivity contribution in [2.75, 3.05) is 0 Å². The van der Waals surface area contributed by atoms with Crippen molar-refractivity contribution < 1.29 is 17.6 Å². The van der Waals surface area contributed by atoms with Crippen molar-refractivity contribution in [2.24, 2.45) is 0 Å². The lowest BCUT2D eigenvalue weighted by Gasteiger charge is -2.11. The van der Waals surface area contributed by atoms with Crippen LogP contribution in [0.5, 0.6) is 0 Å². The third-order valence-corrected chi connectivity index (χ3v) is 5.85. The second-order valence-corrected chi connectivity index (χ2v) is 8.12. The van der Waals surface area contributed by atoms with E-state index in [9.17, 15) is 13.2 Å². The molecule has 0 heterocycles. The van der Waals surface area contributed by atoms with Crippen molar-refractivity contribution in [3.05, 3.63) is 95.6 Å². The molecule has 0 nitrogen and oxygen atoms in total. The molecular formula is C28H24F4. The van der Waals surface area contributed by atoms with Gasteiger partial charge < -0.3 is 0 Å².